The second kappa shape index (κ2) is 5.99. The van der Waals surface area contributed by atoms with Gasteiger partial charge in [-0.1, -0.05) is 12.1 Å². The zero-order chi connectivity index (χ0) is 13.8. The van der Waals surface area contributed by atoms with Gasteiger partial charge in [-0.3, -0.25) is 0 Å². The van der Waals surface area contributed by atoms with E-state index in [4.69, 9.17) is 4.42 Å². The van der Waals surface area contributed by atoms with E-state index in [1.807, 2.05) is 26.0 Å². The molecule has 1 aromatic carbocycles. The minimum Gasteiger partial charge on any atom is -0.465 e. The molecule has 0 aliphatic rings. The lowest BCUT2D eigenvalue weighted by atomic mass is 10.0. The average molecular weight is 263 g/mol. The third-order valence-corrected chi connectivity index (χ3v) is 3.08. The van der Waals surface area contributed by atoms with Crippen molar-refractivity contribution in [3.05, 3.63) is 59.3 Å². The second-order valence-electron chi connectivity index (χ2n) is 4.68. The standard InChI is InChI=1S/C15H18FNO2/c1-10-3-8-14(19-10)9-17-11(2)15(18)12-4-6-13(16)7-5-12/h3-8,11,15,17-18H,9H2,1-2H3. The van der Waals surface area contributed by atoms with Crippen LogP contribution in [0.4, 0.5) is 4.39 Å². The monoisotopic (exact) mass is 263 g/mol. The molecule has 0 bridgehead atoms. The van der Waals surface area contributed by atoms with Crippen molar-refractivity contribution < 1.29 is 13.9 Å². The van der Waals surface area contributed by atoms with Crippen molar-refractivity contribution in [2.75, 3.05) is 0 Å². The van der Waals surface area contributed by atoms with Crippen molar-refractivity contribution in [3.63, 3.8) is 0 Å². The van der Waals surface area contributed by atoms with E-state index in [0.29, 0.717) is 12.1 Å². The molecule has 0 saturated heterocycles. The van der Waals surface area contributed by atoms with Crippen LogP contribution in [0.5, 0.6) is 0 Å². The highest BCUT2D eigenvalue weighted by atomic mass is 19.1. The fourth-order valence-electron chi connectivity index (χ4n) is 1.90. The van der Waals surface area contributed by atoms with Gasteiger partial charge in [-0.15, -0.1) is 0 Å². The number of rotatable bonds is 5. The van der Waals surface area contributed by atoms with Gasteiger partial charge in [0.1, 0.15) is 17.3 Å². The number of aryl methyl sites for hydroxylation is 1. The molecule has 0 fully saturated rings. The molecule has 2 atom stereocenters. The molecule has 0 amide bonds. The lowest BCUT2D eigenvalue weighted by molar-refractivity contribution is 0.134. The molecular weight excluding hydrogens is 245 g/mol. The number of furan rings is 1. The number of halogens is 1. The fourth-order valence-corrected chi connectivity index (χ4v) is 1.90. The van der Waals surface area contributed by atoms with E-state index < -0.39 is 6.10 Å². The number of hydrogen-bond acceptors (Lipinski definition) is 3. The lowest BCUT2D eigenvalue weighted by Crippen LogP contribution is -2.31. The molecular formula is C15H18FNO2. The summed E-state index contributed by atoms with van der Waals surface area (Å²) in [5.41, 5.74) is 0.692. The topological polar surface area (TPSA) is 45.4 Å². The number of aliphatic hydroxyl groups is 1. The van der Waals surface area contributed by atoms with E-state index in [9.17, 15) is 9.50 Å². The SMILES string of the molecule is Cc1ccc(CNC(C)C(O)c2ccc(F)cc2)o1. The van der Waals surface area contributed by atoms with Crippen LogP contribution in [0.3, 0.4) is 0 Å². The molecule has 0 radical (unpaired) electrons. The average Bonchev–Trinajstić information content (AvgIpc) is 2.82. The summed E-state index contributed by atoms with van der Waals surface area (Å²) >= 11 is 0. The quantitative estimate of drug-likeness (QED) is 0.871. The summed E-state index contributed by atoms with van der Waals surface area (Å²) in [7, 11) is 0. The highest BCUT2D eigenvalue weighted by Gasteiger charge is 2.16. The van der Waals surface area contributed by atoms with E-state index in [0.717, 1.165) is 11.5 Å². The Morgan fingerprint density at radius 2 is 1.89 bits per heavy atom. The Morgan fingerprint density at radius 3 is 2.47 bits per heavy atom. The third-order valence-electron chi connectivity index (χ3n) is 3.08. The maximum Gasteiger partial charge on any atom is 0.123 e. The Bertz CT molecular complexity index is 521. The lowest BCUT2D eigenvalue weighted by Gasteiger charge is -2.20. The summed E-state index contributed by atoms with van der Waals surface area (Å²) in [6, 6.07) is 9.53. The van der Waals surface area contributed by atoms with E-state index >= 15 is 0 Å². The van der Waals surface area contributed by atoms with Crippen LogP contribution in [-0.4, -0.2) is 11.1 Å². The van der Waals surface area contributed by atoms with Crippen molar-refractivity contribution in [1.82, 2.24) is 5.32 Å². The molecule has 0 aliphatic heterocycles. The first kappa shape index (κ1) is 13.8. The van der Waals surface area contributed by atoms with Gasteiger partial charge in [0.25, 0.3) is 0 Å². The molecule has 1 aromatic heterocycles. The van der Waals surface area contributed by atoms with Gasteiger partial charge in [-0.2, -0.15) is 0 Å². The van der Waals surface area contributed by atoms with Crippen molar-refractivity contribution in [2.45, 2.75) is 32.5 Å². The van der Waals surface area contributed by atoms with Crippen LogP contribution in [0.2, 0.25) is 0 Å². The minimum absolute atomic E-state index is 0.157. The first-order valence-electron chi connectivity index (χ1n) is 6.28. The number of nitrogens with one attached hydrogen (secondary N) is 1. The Kier molecular flexibility index (Phi) is 4.35. The molecule has 2 aromatic rings. The number of benzene rings is 1. The summed E-state index contributed by atoms with van der Waals surface area (Å²) < 4.78 is 18.3. The molecule has 2 unspecified atom stereocenters. The Morgan fingerprint density at radius 1 is 1.21 bits per heavy atom. The van der Waals surface area contributed by atoms with Crippen LogP contribution < -0.4 is 5.32 Å². The van der Waals surface area contributed by atoms with Gasteiger partial charge in [-0.05, 0) is 43.7 Å². The van der Waals surface area contributed by atoms with Gasteiger partial charge in [0.05, 0.1) is 12.6 Å². The molecule has 2 rings (SSSR count). The summed E-state index contributed by atoms with van der Waals surface area (Å²) in [5.74, 6) is 1.39. The normalized spacial score (nSPS) is 14.3. The van der Waals surface area contributed by atoms with Crippen molar-refractivity contribution in [1.29, 1.82) is 0 Å². The van der Waals surface area contributed by atoms with Gasteiger partial charge in [0, 0.05) is 6.04 Å². The van der Waals surface area contributed by atoms with Crippen molar-refractivity contribution >= 4 is 0 Å². The maximum atomic E-state index is 12.8. The van der Waals surface area contributed by atoms with Crippen LogP contribution in [0.15, 0.2) is 40.8 Å². The van der Waals surface area contributed by atoms with Crippen molar-refractivity contribution in [2.24, 2.45) is 0 Å². The van der Waals surface area contributed by atoms with E-state index in [1.165, 1.54) is 12.1 Å². The van der Waals surface area contributed by atoms with Gasteiger partial charge in [0.15, 0.2) is 0 Å². The largest absolute Gasteiger partial charge is 0.465 e. The third kappa shape index (κ3) is 3.66. The van der Waals surface area contributed by atoms with Crippen LogP contribution in [0.1, 0.15) is 30.1 Å². The van der Waals surface area contributed by atoms with E-state index in [1.54, 1.807) is 12.1 Å². The second-order valence-corrected chi connectivity index (χ2v) is 4.68. The Labute approximate surface area is 112 Å². The van der Waals surface area contributed by atoms with Gasteiger partial charge in [-0.25, -0.2) is 4.39 Å². The summed E-state index contributed by atoms with van der Waals surface area (Å²) in [4.78, 5) is 0. The first-order chi connectivity index (χ1) is 9.06. The smallest absolute Gasteiger partial charge is 0.123 e. The molecule has 4 heteroatoms. The molecule has 102 valence electrons. The zero-order valence-corrected chi connectivity index (χ0v) is 11.1. The summed E-state index contributed by atoms with van der Waals surface area (Å²) in [6.07, 6.45) is -0.684. The predicted octanol–water partition coefficient (Wildman–Crippen LogP) is 2.94. The zero-order valence-electron chi connectivity index (χ0n) is 11.1. The van der Waals surface area contributed by atoms with Gasteiger partial charge < -0.3 is 14.8 Å². The van der Waals surface area contributed by atoms with Gasteiger partial charge >= 0.3 is 0 Å². The molecule has 0 aliphatic carbocycles. The van der Waals surface area contributed by atoms with E-state index in [-0.39, 0.29) is 11.9 Å². The molecule has 0 spiro atoms. The maximum absolute atomic E-state index is 12.8. The van der Waals surface area contributed by atoms with Crippen LogP contribution in [-0.2, 0) is 6.54 Å². The fraction of sp³-hybridized carbons (Fsp3) is 0.333. The highest BCUT2D eigenvalue weighted by Crippen LogP contribution is 2.17. The molecule has 1 heterocycles. The molecule has 19 heavy (non-hydrogen) atoms. The van der Waals surface area contributed by atoms with Crippen LogP contribution in [0.25, 0.3) is 0 Å². The van der Waals surface area contributed by atoms with Crippen LogP contribution >= 0.6 is 0 Å². The Hall–Kier alpha value is -1.65. The molecule has 0 saturated carbocycles. The summed E-state index contributed by atoms with van der Waals surface area (Å²) in [5, 5.41) is 13.3. The Balaban J connectivity index is 1.92. The van der Waals surface area contributed by atoms with Crippen LogP contribution in [0, 0.1) is 12.7 Å². The minimum atomic E-state index is -0.684. The number of hydrogen-bond donors (Lipinski definition) is 2. The predicted molar refractivity (Wildman–Crippen MR) is 71.1 cm³/mol. The van der Waals surface area contributed by atoms with Crippen molar-refractivity contribution in [3.8, 4) is 0 Å². The molecule has 2 N–H and O–H groups in total. The first-order valence-corrected chi connectivity index (χ1v) is 6.28. The van der Waals surface area contributed by atoms with E-state index in [2.05, 4.69) is 5.32 Å². The molecule has 3 nitrogen and oxygen atoms in total. The number of aliphatic hydroxyl groups excluding tert-OH is 1. The highest BCUT2D eigenvalue weighted by molar-refractivity contribution is 5.19. The summed E-state index contributed by atoms with van der Waals surface area (Å²) in [6.45, 7) is 4.32. The van der Waals surface area contributed by atoms with Gasteiger partial charge in [0.2, 0.25) is 0 Å².